The zero-order valence-electron chi connectivity index (χ0n) is 20.3. The molecule has 3 heterocycles. The van der Waals surface area contributed by atoms with Crippen molar-refractivity contribution < 1.29 is 4.42 Å². The fourth-order valence-electron chi connectivity index (χ4n) is 6.05. The quantitative estimate of drug-likeness (QED) is 0.259. The molecule has 2 N–H and O–H groups in total. The van der Waals surface area contributed by atoms with E-state index in [0.717, 1.165) is 55.2 Å². The zero-order valence-corrected chi connectivity index (χ0v) is 20.3. The van der Waals surface area contributed by atoms with Gasteiger partial charge in [-0.05, 0) is 47.5 Å². The van der Waals surface area contributed by atoms with Crippen molar-refractivity contribution in [2.75, 3.05) is 5.32 Å². The highest BCUT2D eigenvalue weighted by atomic mass is 16.3. The molecule has 1 aliphatic heterocycles. The van der Waals surface area contributed by atoms with Crippen LogP contribution in [0.4, 0.5) is 5.69 Å². The van der Waals surface area contributed by atoms with E-state index < -0.39 is 0 Å². The number of aromatic nitrogens is 1. The van der Waals surface area contributed by atoms with Gasteiger partial charge in [0.15, 0.2) is 11.9 Å². The van der Waals surface area contributed by atoms with Crippen molar-refractivity contribution in [3.63, 3.8) is 0 Å². The summed E-state index contributed by atoms with van der Waals surface area (Å²) >= 11 is 0. The number of rotatable bonds is 2. The Hall–Kier alpha value is -5.05. The van der Waals surface area contributed by atoms with E-state index in [0.29, 0.717) is 5.56 Å². The van der Waals surface area contributed by atoms with Crippen molar-refractivity contribution >= 4 is 49.4 Å². The van der Waals surface area contributed by atoms with Crippen LogP contribution in [-0.2, 0) is 0 Å². The van der Waals surface area contributed by atoms with E-state index in [2.05, 4.69) is 100 Å². The third kappa shape index (κ3) is 2.95. The van der Waals surface area contributed by atoms with Gasteiger partial charge in [-0.1, -0.05) is 72.8 Å². The Morgan fingerprint density at radius 3 is 2.45 bits per heavy atom. The van der Waals surface area contributed by atoms with Gasteiger partial charge in [0.2, 0.25) is 0 Å². The second-order valence-corrected chi connectivity index (χ2v) is 9.79. The second kappa shape index (κ2) is 7.97. The Bertz CT molecular complexity index is 2080. The molecular formula is C33H22N4O. The van der Waals surface area contributed by atoms with E-state index in [-0.39, 0.29) is 12.3 Å². The van der Waals surface area contributed by atoms with Gasteiger partial charge in [-0.2, -0.15) is 5.26 Å². The summed E-state index contributed by atoms with van der Waals surface area (Å²) in [6.45, 7) is 0. The second-order valence-electron chi connectivity index (χ2n) is 9.79. The average Bonchev–Trinajstić information content (AvgIpc) is 3.52. The van der Waals surface area contributed by atoms with Crippen LogP contribution in [0.25, 0.3) is 43.7 Å². The molecule has 5 aromatic carbocycles. The summed E-state index contributed by atoms with van der Waals surface area (Å²) in [5, 5.41) is 21.7. The predicted molar refractivity (Wildman–Crippen MR) is 152 cm³/mol. The van der Waals surface area contributed by atoms with Gasteiger partial charge >= 0.3 is 0 Å². The summed E-state index contributed by atoms with van der Waals surface area (Å²) in [4.78, 5) is 0. The maximum atomic E-state index is 9.56. The molecule has 0 amide bonds. The summed E-state index contributed by atoms with van der Waals surface area (Å²) in [5.74, 6) is 0. The maximum absolute atomic E-state index is 9.56. The van der Waals surface area contributed by atoms with Gasteiger partial charge in [-0.25, -0.2) is 0 Å². The molecule has 0 saturated carbocycles. The van der Waals surface area contributed by atoms with Crippen LogP contribution in [0.15, 0.2) is 114 Å². The van der Waals surface area contributed by atoms with Crippen LogP contribution in [0.3, 0.4) is 0 Å². The Morgan fingerprint density at radius 2 is 1.53 bits per heavy atom. The SMILES string of the molecule is N#Cc1cccc(C2NC(n3c4ccccc4c4ccc5c6ccccc6oc5c43)Nc3ccccc32)c1. The van der Waals surface area contributed by atoms with Gasteiger partial charge in [0.1, 0.15) is 5.58 Å². The molecule has 2 atom stereocenters. The highest BCUT2D eigenvalue weighted by molar-refractivity contribution is 6.20. The zero-order chi connectivity index (χ0) is 25.2. The van der Waals surface area contributed by atoms with Crippen LogP contribution in [-0.4, -0.2) is 4.57 Å². The van der Waals surface area contributed by atoms with Crippen molar-refractivity contribution in [1.29, 1.82) is 5.26 Å². The minimum absolute atomic E-state index is 0.100. The Kier molecular flexibility index (Phi) is 4.42. The van der Waals surface area contributed by atoms with Crippen molar-refractivity contribution in [2.45, 2.75) is 12.3 Å². The van der Waals surface area contributed by atoms with Crippen molar-refractivity contribution in [1.82, 2.24) is 9.88 Å². The molecule has 2 aromatic heterocycles. The lowest BCUT2D eigenvalue weighted by molar-refractivity contribution is 0.416. The van der Waals surface area contributed by atoms with E-state index in [1.165, 1.54) is 5.39 Å². The van der Waals surface area contributed by atoms with Gasteiger partial charge in [-0.15, -0.1) is 0 Å². The molecular weight excluding hydrogens is 468 g/mol. The standard InChI is InChI=1S/C33H22N4O/c34-19-20-8-7-9-21(18-20)30-26-12-1-4-13-27(26)35-33(36-30)37-28-14-5-2-10-22(28)24-16-17-25-23-11-3-6-15-29(23)38-32(25)31(24)37/h1-18,30,33,35-36H. The molecule has 2 unspecified atom stereocenters. The Labute approximate surface area is 218 Å². The predicted octanol–water partition coefficient (Wildman–Crippen LogP) is 7.83. The molecule has 0 saturated heterocycles. The molecule has 5 heteroatoms. The van der Waals surface area contributed by atoms with Gasteiger partial charge in [-0.3, -0.25) is 5.32 Å². The lowest BCUT2D eigenvalue weighted by atomic mass is 9.94. The van der Waals surface area contributed by atoms with Gasteiger partial charge in [0.05, 0.1) is 28.7 Å². The number of fused-ring (bicyclic) bond motifs is 8. The van der Waals surface area contributed by atoms with Crippen LogP contribution in [0, 0.1) is 11.3 Å². The first kappa shape index (κ1) is 21.1. The number of anilines is 1. The van der Waals surface area contributed by atoms with E-state index in [4.69, 9.17) is 4.42 Å². The lowest BCUT2D eigenvalue weighted by Crippen LogP contribution is -2.40. The molecule has 180 valence electrons. The third-order valence-electron chi connectivity index (χ3n) is 7.71. The van der Waals surface area contributed by atoms with Gasteiger partial charge < -0.3 is 14.3 Å². The number of nitriles is 1. The average molecular weight is 491 g/mol. The molecule has 0 bridgehead atoms. The first-order valence-electron chi connectivity index (χ1n) is 12.7. The van der Waals surface area contributed by atoms with Crippen LogP contribution in [0.5, 0.6) is 0 Å². The largest absolute Gasteiger partial charge is 0.454 e. The summed E-state index contributed by atoms with van der Waals surface area (Å²) in [6, 6.07) is 39.5. The molecule has 5 nitrogen and oxygen atoms in total. The molecule has 0 radical (unpaired) electrons. The van der Waals surface area contributed by atoms with Crippen molar-refractivity contribution in [3.8, 4) is 6.07 Å². The number of para-hydroxylation sites is 3. The molecule has 0 fully saturated rings. The number of hydrogen-bond acceptors (Lipinski definition) is 4. The summed E-state index contributed by atoms with van der Waals surface area (Å²) < 4.78 is 8.85. The van der Waals surface area contributed by atoms with Gasteiger partial charge in [0.25, 0.3) is 0 Å². The van der Waals surface area contributed by atoms with E-state index in [9.17, 15) is 5.26 Å². The molecule has 38 heavy (non-hydrogen) atoms. The van der Waals surface area contributed by atoms with Crippen molar-refractivity contribution in [3.05, 3.63) is 126 Å². The lowest BCUT2D eigenvalue weighted by Gasteiger charge is -2.36. The minimum atomic E-state index is -0.262. The third-order valence-corrected chi connectivity index (χ3v) is 7.71. The molecule has 0 spiro atoms. The summed E-state index contributed by atoms with van der Waals surface area (Å²) in [7, 11) is 0. The number of nitrogens with zero attached hydrogens (tertiary/aromatic N) is 2. The van der Waals surface area contributed by atoms with Crippen LogP contribution < -0.4 is 10.6 Å². The van der Waals surface area contributed by atoms with Crippen LogP contribution in [0.2, 0.25) is 0 Å². The monoisotopic (exact) mass is 490 g/mol. The normalized spacial score (nSPS) is 17.0. The van der Waals surface area contributed by atoms with Crippen LogP contribution >= 0.6 is 0 Å². The van der Waals surface area contributed by atoms with Crippen molar-refractivity contribution in [2.24, 2.45) is 0 Å². The molecule has 8 rings (SSSR count). The fraction of sp³-hybridized carbons (Fsp3) is 0.0606. The van der Waals surface area contributed by atoms with E-state index in [1.54, 1.807) is 0 Å². The number of benzene rings is 5. The Morgan fingerprint density at radius 1 is 0.737 bits per heavy atom. The smallest absolute Gasteiger partial charge is 0.160 e. The summed E-state index contributed by atoms with van der Waals surface area (Å²) in [6.07, 6.45) is -0.262. The first-order valence-corrected chi connectivity index (χ1v) is 12.7. The first-order chi connectivity index (χ1) is 18.8. The van der Waals surface area contributed by atoms with E-state index >= 15 is 0 Å². The summed E-state index contributed by atoms with van der Waals surface area (Å²) in [5.41, 5.74) is 7.84. The molecule has 7 aromatic rings. The number of nitrogens with one attached hydrogen (secondary N) is 2. The fourth-order valence-corrected chi connectivity index (χ4v) is 6.05. The molecule has 1 aliphatic rings. The Balaban J connectivity index is 1.41. The van der Waals surface area contributed by atoms with Crippen LogP contribution in [0.1, 0.15) is 29.0 Å². The highest BCUT2D eigenvalue weighted by Gasteiger charge is 2.30. The maximum Gasteiger partial charge on any atom is 0.160 e. The highest BCUT2D eigenvalue weighted by Crippen LogP contribution is 2.42. The minimum Gasteiger partial charge on any atom is -0.454 e. The number of hydrogen-bond donors (Lipinski definition) is 2. The topological polar surface area (TPSA) is 65.9 Å². The van der Waals surface area contributed by atoms with Gasteiger partial charge in [0, 0.05) is 27.2 Å². The number of furan rings is 1. The van der Waals surface area contributed by atoms with E-state index in [1.807, 2.05) is 30.3 Å². The molecule has 0 aliphatic carbocycles.